The molecule has 1 aliphatic heterocycles. The number of aromatic nitrogens is 2. The zero-order valence-corrected chi connectivity index (χ0v) is 18.3. The molecule has 2 heterocycles. The van der Waals surface area contributed by atoms with Crippen LogP contribution in [0.25, 0.3) is 17.5 Å². The Morgan fingerprint density at radius 2 is 1.94 bits per heavy atom. The molecule has 0 radical (unpaired) electrons. The zero-order chi connectivity index (χ0) is 22.5. The molecular formula is C23H22ClFN4O3. The van der Waals surface area contributed by atoms with Crippen LogP contribution < -0.4 is 4.74 Å². The van der Waals surface area contributed by atoms with E-state index in [9.17, 15) is 9.18 Å². The summed E-state index contributed by atoms with van der Waals surface area (Å²) in [5, 5.41) is 4.68. The van der Waals surface area contributed by atoms with Gasteiger partial charge in [0.15, 0.2) is 11.6 Å². The highest BCUT2D eigenvalue weighted by Gasteiger charge is 2.21. The molecule has 1 fully saturated rings. The number of amides is 1. The van der Waals surface area contributed by atoms with Gasteiger partial charge in [-0.3, -0.25) is 9.69 Å². The van der Waals surface area contributed by atoms with Gasteiger partial charge in [-0.15, -0.1) is 0 Å². The van der Waals surface area contributed by atoms with Crippen molar-refractivity contribution in [3.8, 4) is 17.1 Å². The normalized spacial score (nSPS) is 14.8. The van der Waals surface area contributed by atoms with Gasteiger partial charge in [0, 0.05) is 42.8 Å². The van der Waals surface area contributed by atoms with Crippen molar-refractivity contribution in [2.24, 2.45) is 0 Å². The second kappa shape index (κ2) is 9.93. The summed E-state index contributed by atoms with van der Waals surface area (Å²) in [6.45, 7) is 3.06. The van der Waals surface area contributed by atoms with E-state index in [-0.39, 0.29) is 11.7 Å². The maximum Gasteiger partial charge on any atom is 0.246 e. The fourth-order valence-corrected chi connectivity index (χ4v) is 3.54. The number of halogens is 2. The number of benzene rings is 2. The molecule has 7 nitrogen and oxygen atoms in total. The molecular weight excluding hydrogens is 435 g/mol. The van der Waals surface area contributed by atoms with Crippen LogP contribution in [-0.2, 0) is 11.3 Å². The van der Waals surface area contributed by atoms with Gasteiger partial charge in [0.1, 0.15) is 0 Å². The van der Waals surface area contributed by atoms with Crippen LogP contribution in [0.1, 0.15) is 11.5 Å². The van der Waals surface area contributed by atoms with E-state index in [1.54, 1.807) is 29.2 Å². The molecule has 32 heavy (non-hydrogen) atoms. The van der Waals surface area contributed by atoms with Gasteiger partial charge >= 0.3 is 0 Å². The maximum absolute atomic E-state index is 13.8. The highest BCUT2D eigenvalue weighted by molar-refractivity contribution is 6.30. The zero-order valence-electron chi connectivity index (χ0n) is 17.5. The number of methoxy groups -OCH3 is 1. The number of carbonyl (C=O) groups excluding carboxylic acids is 1. The molecule has 0 aliphatic carbocycles. The molecule has 9 heteroatoms. The molecule has 0 bridgehead atoms. The number of piperazine rings is 1. The van der Waals surface area contributed by atoms with E-state index in [1.165, 1.54) is 25.3 Å². The van der Waals surface area contributed by atoms with Gasteiger partial charge in [-0.2, -0.15) is 4.98 Å². The first-order chi connectivity index (χ1) is 15.5. The Morgan fingerprint density at radius 3 is 2.62 bits per heavy atom. The third kappa shape index (κ3) is 5.33. The summed E-state index contributed by atoms with van der Waals surface area (Å²) < 4.78 is 24.1. The molecule has 2 aromatic carbocycles. The number of hydrogen-bond acceptors (Lipinski definition) is 6. The molecule has 0 atom stereocenters. The van der Waals surface area contributed by atoms with E-state index in [4.69, 9.17) is 20.9 Å². The van der Waals surface area contributed by atoms with Crippen molar-refractivity contribution in [2.75, 3.05) is 33.3 Å². The van der Waals surface area contributed by atoms with Gasteiger partial charge < -0.3 is 14.2 Å². The van der Waals surface area contributed by atoms with E-state index in [0.717, 1.165) is 5.56 Å². The standard InChI is InChI=1S/C23H22ClFN4O3/c1-31-20-8-2-16(14-19(20)25)3-9-22(30)29-12-10-28(11-13-29)15-21-26-23(27-32-21)17-4-6-18(24)7-5-17/h2-9,14H,10-13,15H2,1H3/b9-3+. The Bertz CT molecular complexity index is 1110. The minimum absolute atomic E-state index is 0.108. The number of nitrogens with zero attached hydrogens (tertiary/aromatic N) is 4. The average molecular weight is 457 g/mol. The summed E-state index contributed by atoms with van der Waals surface area (Å²) in [4.78, 5) is 20.8. The molecule has 1 aromatic heterocycles. The van der Waals surface area contributed by atoms with Crippen LogP contribution in [-0.4, -0.2) is 59.1 Å². The van der Waals surface area contributed by atoms with E-state index < -0.39 is 5.82 Å². The number of hydrogen-bond donors (Lipinski definition) is 0. The quantitative estimate of drug-likeness (QED) is 0.524. The lowest BCUT2D eigenvalue weighted by Gasteiger charge is -2.33. The smallest absolute Gasteiger partial charge is 0.246 e. The minimum Gasteiger partial charge on any atom is -0.494 e. The lowest BCUT2D eigenvalue weighted by atomic mass is 10.2. The Kier molecular flexibility index (Phi) is 6.82. The van der Waals surface area contributed by atoms with Crippen LogP contribution in [0.5, 0.6) is 5.75 Å². The lowest BCUT2D eigenvalue weighted by molar-refractivity contribution is -0.127. The SMILES string of the molecule is COc1ccc(/C=C/C(=O)N2CCN(Cc3nc(-c4ccc(Cl)cc4)no3)CC2)cc1F. The predicted octanol–water partition coefficient (Wildman–Crippen LogP) is 3.90. The molecule has 1 aliphatic rings. The van der Waals surface area contributed by atoms with Crippen LogP contribution in [0, 0.1) is 5.82 Å². The van der Waals surface area contributed by atoms with Crippen molar-refractivity contribution in [1.29, 1.82) is 0 Å². The summed E-state index contributed by atoms with van der Waals surface area (Å²) in [7, 11) is 1.41. The second-order valence-corrected chi connectivity index (χ2v) is 7.78. The topological polar surface area (TPSA) is 71.7 Å². The van der Waals surface area contributed by atoms with E-state index in [1.807, 2.05) is 12.1 Å². The summed E-state index contributed by atoms with van der Waals surface area (Å²) in [6, 6.07) is 11.8. The van der Waals surface area contributed by atoms with Crippen molar-refractivity contribution in [2.45, 2.75) is 6.54 Å². The van der Waals surface area contributed by atoms with Gasteiger partial charge in [0.2, 0.25) is 17.6 Å². The predicted molar refractivity (Wildman–Crippen MR) is 119 cm³/mol. The third-order valence-corrected chi connectivity index (χ3v) is 5.46. The maximum atomic E-state index is 13.8. The van der Waals surface area contributed by atoms with E-state index >= 15 is 0 Å². The summed E-state index contributed by atoms with van der Waals surface area (Å²) in [5.41, 5.74) is 1.44. The summed E-state index contributed by atoms with van der Waals surface area (Å²) in [6.07, 6.45) is 3.07. The number of rotatable bonds is 6. The van der Waals surface area contributed by atoms with Gasteiger partial charge in [0.25, 0.3) is 0 Å². The van der Waals surface area contributed by atoms with Gasteiger partial charge in [0.05, 0.1) is 13.7 Å². The molecule has 4 rings (SSSR count). The highest BCUT2D eigenvalue weighted by atomic mass is 35.5. The van der Waals surface area contributed by atoms with Crippen molar-refractivity contribution >= 4 is 23.6 Å². The Labute approximate surface area is 190 Å². The van der Waals surface area contributed by atoms with Crippen LogP contribution in [0.3, 0.4) is 0 Å². The van der Waals surface area contributed by atoms with E-state index in [0.29, 0.717) is 55.0 Å². The molecule has 0 spiro atoms. The largest absolute Gasteiger partial charge is 0.494 e. The Hall–Kier alpha value is -3.23. The lowest BCUT2D eigenvalue weighted by Crippen LogP contribution is -2.47. The third-order valence-electron chi connectivity index (χ3n) is 5.21. The van der Waals surface area contributed by atoms with Crippen LogP contribution in [0.4, 0.5) is 4.39 Å². The molecule has 1 saturated heterocycles. The summed E-state index contributed by atoms with van der Waals surface area (Å²) >= 11 is 5.91. The van der Waals surface area contributed by atoms with Crippen molar-refractivity contribution in [3.05, 3.63) is 70.8 Å². The van der Waals surface area contributed by atoms with Crippen LogP contribution in [0.15, 0.2) is 53.1 Å². The molecule has 0 saturated carbocycles. The molecule has 166 valence electrons. The van der Waals surface area contributed by atoms with Crippen molar-refractivity contribution in [1.82, 2.24) is 19.9 Å². The second-order valence-electron chi connectivity index (χ2n) is 7.35. The molecule has 1 amide bonds. The molecule has 0 unspecified atom stereocenters. The Morgan fingerprint density at radius 1 is 1.19 bits per heavy atom. The fraction of sp³-hybridized carbons (Fsp3) is 0.261. The summed E-state index contributed by atoms with van der Waals surface area (Å²) in [5.74, 6) is 0.646. The van der Waals surface area contributed by atoms with Crippen LogP contribution in [0.2, 0.25) is 5.02 Å². The highest BCUT2D eigenvalue weighted by Crippen LogP contribution is 2.20. The molecule has 3 aromatic rings. The van der Waals surface area contributed by atoms with Gasteiger partial charge in [-0.25, -0.2) is 4.39 Å². The van der Waals surface area contributed by atoms with Crippen molar-refractivity contribution in [3.63, 3.8) is 0 Å². The van der Waals surface area contributed by atoms with Crippen molar-refractivity contribution < 1.29 is 18.4 Å². The number of ether oxygens (including phenoxy) is 1. The first-order valence-corrected chi connectivity index (χ1v) is 10.5. The average Bonchev–Trinajstić information content (AvgIpc) is 3.27. The van der Waals surface area contributed by atoms with E-state index in [2.05, 4.69) is 15.0 Å². The molecule has 0 N–H and O–H groups in total. The number of carbonyl (C=O) groups is 1. The fourth-order valence-electron chi connectivity index (χ4n) is 3.41. The first kappa shape index (κ1) is 22.0. The minimum atomic E-state index is -0.462. The van der Waals surface area contributed by atoms with Gasteiger partial charge in [-0.1, -0.05) is 22.8 Å². The monoisotopic (exact) mass is 456 g/mol. The van der Waals surface area contributed by atoms with Gasteiger partial charge in [-0.05, 0) is 48.0 Å². The Balaban J connectivity index is 1.28. The first-order valence-electron chi connectivity index (χ1n) is 10.1. The van der Waals surface area contributed by atoms with Crippen LogP contribution >= 0.6 is 11.6 Å².